The summed E-state index contributed by atoms with van der Waals surface area (Å²) in [5.74, 6) is -9.37. The number of nitrogens with zero attached hydrogens (tertiary/aromatic N) is 3. The third-order valence-electron chi connectivity index (χ3n) is 9.66. The number of aromatic nitrogens is 3. The van der Waals surface area contributed by atoms with Gasteiger partial charge in [0.2, 0.25) is 11.8 Å². The fourth-order valence-electron chi connectivity index (χ4n) is 6.18. The average molecular weight is 953 g/mol. The highest BCUT2D eigenvalue weighted by atomic mass is 19.1. The minimum Gasteiger partial charge on any atom is -0.481 e. The second-order valence-electron chi connectivity index (χ2n) is 15.1. The fourth-order valence-corrected chi connectivity index (χ4v) is 6.18. The monoisotopic (exact) mass is 952 g/mol. The van der Waals surface area contributed by atoms with Crippen molar-refractivity contribution in [2.75, 3.05) is 25.1 Å². The molecule has 0 aliphatic heterocycles. The molecule has 1 aromatic carbocycles. The lowest BCUT2D eigenvalue weighted by Crippen LogP contribution is -2.51. The van der Waals surface area contributed by atoms with Crippen LogP contribution in [0, 0.1) is 0 Å². The van der Waals surface area contributed by atoms with Crippen LogP contribution in [0.15, 0.2) is 30.5 Å². The smallest absolute Gasteiger partial charge is 0.326 e. The van der Waals surface area contributed by atoms with Gasteiger partial charge in [-0.15, -0.1) is 5.10 Å². The van der Waals surface area contributed by atoms with E-state index in [9.17, 15) is 72.8 Å². The van der Waals surface area contributed by atoms with Crippen molar-refractivity contribution in [2.45, 2.75) is 120 Å². The molecule has 4 atom stereocenters. The SMILES string of the molecule is O=C(O)CC[C@H](NC(=O)N[C@@H](CCCCNC(=O)CC(CC(=O)NCCCC[C@H](NC(=O)N[C@@H](CCC(=O)O)C(=O)O)C(=O)O)Nc1ccc(-n2cc(CCCF)nn2)cc1)C(=O)O)C(=O)O. The summed E-state index contributed by atoms with van der Waals surface area (Å²) in [7, 11) is 0. The summed E-state index contributed by atoms with van der Waals surface area (Å²) in [4.78, 5) is 119. The van der Waals surface area contributed by atoms with Crippen molar-refractivity contribution in [1.29, 1.82) is 0 Å². The molecular weight excluding hydrogens is 895 g/mol. The number of carboxylic acid groups (broad SMARTS) is 6. The van der Waals surface area contributed by atoms with Gasteiger partial charge in [0.1, 0.15) is 24.2 Å². The first-order valence-electron chi connectivity index (χ1n) is 21.1. The van der Waals surface area contributed by atoms with Crippen molar-refractivity contribution in [2.24, 2.45) is 0 Å². The number of rotatable bonds is 34. The lowest BCUT2D eigenvalue weighted by Gasteiger charge is -2.20. The van der Waals surface area contributed by atoms with Crippen molar-refractivity contribution >= 4 is 65.4 Å². The van der Waals surface area contributed by atoms with Gasteiger partial charge < -0.3 is 67.9 Å². The number of benzene rings is 1. The molecule has 2 rings (SSSR count). The van der Waals surface area contributed by atoms with Gasteiger partial charge in [0.05, 0.1) is 24.3 Å². The average Bonchev–Trinajstić information content (AvgIpc) is 3.73. The zero-order valence-electron chi connectivity index (χ0n) is 36.3. The number of alkyl halides is 1. The van der Waals surface area contributed by atoms with Crippen LogP contribution in [0.2, 0.25) is 0 Å². The Hall–Kier alpha value is -7.61. The molecule has 67 heavy (non-hydrogen) atoms. The Morgan fingerprint density at radius 1 is 0.567 bits per heavy atom. The van der Waals surface area contributed by atoms with Crippen LogP contribution in [-0.2, 0) is 44.8 Å². The highest BCUT2D eigenvalue weighted by Gasteiger charge is 2.27. The quantitative estimate of drug-likeness (QED) is 0.0423. The van der Waals surface area contributed by atoms with Crippen molar-refractivity contribution in [3.05, 3.63) is 36.2 Å². The first-order valence-corrected chi connectivity index (χ1v) is 21.1. The molecule has 0 bridgehead atoms. The van der Waals surface area contributed by atoms with E-state index in [1.807, 2.05) is 10.6 Å². The Kier molecular flexibility index (Phi) is 24.7. The Labute approximate surface area is 381 Å². The van der Waals surface area contributed by atoms with Gasteiger partial charge in [0, 0.05) is 50.5 Å². The molecule has 0 saturated heterocycles. The Bertz CT molecular complexity index is 1910. The molecule has 1 heterocycles. The second-order valence-corrected chi connectivity index (χ2v) is 15.1. The maximum Gasteiger partial charge on any atom is 0.326 e. The van der Waals surface area contributed by atoms with Gasteiger partial charge in [0.15, 0.2) is 0 Å². The molecular formula is C40H57FN10O16. The molecule has 0 radical (unpaired) electrons. The van der Waals surface area contributed by atoms with E-state index in [1.54, 1.807) is 30.5 Å². The number of hydrogen-bond donors (Lipinski definition) is 13. The first kappa shape index (κ1) is 55.5. The molecule has 27 heteroatoms. The number of aryl methyl sites for hydroxylation is 1. The van der Waals surface area contributed by atoms with Crippen LogP contribution in [-0.4, -0.2) is 155 Å². The number of amides is 6. The van der Waals surface area contributed by atoms with Crippen LogP contribution in [0.4, 0.5) is 19.7 Å². The number of carboxylic acids is 6. The lowest BCUT2D eigenvalue weighted by molar-refractivity contribution is -0.142. The number of unbranched alkanes of at least 4 members (excludes halogenated alkanes) is 2. The van der Waals surface area contributed by atoms with Crippen molar-refractivity contribution in [1.82, 2.24) is 46.9 Å². The maximum atomic E-state index is 13.1. The zero-order valence-corrected chi connectivity index (χ0v) is 36.3. The molecule has 0 unspecified atom stereocenters. The number of aliphatic carboxylic acids is 6. The predicted molar refractivity (Wildman–Crippen MR) is 229 cm³/mol. The van der Waals surface area contributed by atoms with Gasteiger partial charge >= 0.3 is 47.9 Å². The second kappa shape index (κ2) is 29.8. The lowest BCUT2D eigenvalue weighted by atomic mass is 10.1. The summed E-state index contributed by atoms with van der Waals surface area (Å²) < 4.78 is 14.1. The normalized spacial score (nSPS) is 12.6. The van der Waals surface area contributed by atoms with E-state index in [4.69, 9.17) is 10.2 Å². The van der Waals surface area contributed by atoms with E-state index in [0.29, 0.717) is 29.9 Å². The highest BCUT2D eigenvalue weighted by Crippen LogP contribution is 2.17. The van der Waals surface area contributed by atoms with Crippen molar-refractivity contribution < 1.29 is 83.0 Å². The van der Waals surface area contributed by atoms with Crippen LogP contribution < -0.4 is 37.2 Å². The molecule has 0 saturated carbocycles. The van der Waals surface area contributed by atoms with E-state index in [2.05, 4.69) is 36.9 Å². The summed E-state index contributed by atoms with van der Waals surface area (Å²) in [6.07, 6.45) is 0.652. The van der Waals surface area contributed by atoms with Gasteiger partial charge in [0.25, 0.3) is 0 Å². The standard InChI is InChI=1S/C40H57FN10O16/c41-17-5-6-24-22-51(50-49-24)26-11-9-23(10-12-26)44-25(20-31(52)42-18-3-1-7-27(35(58)59)45-39(66)47-29(37(62)63)13-15-33(54)55)21-32(53)43-19-4-2-8-28(36(60)61)46-40(67)48-30(38(64)65)14-16-34(56)57/h9-12,22,25,27-30,44H,1-8,13-21H2,(H,42,52)(H,43,53)(H,54,55)(H,56,57)(H,58,59)(H,60,61)(H,62,63)(H,64,65)(H2,45,47,66)(H2,46,48,67)/t27-,28-,29-,30-/m0/s1. The van der Waals surface area contributed by atoms with E-state index < -0.39 is 122 Å². The topological polar surface area (TPSA) is 407 Å². The third-order valence-corrected chi connectivity index (χ3v) is 9.66. The van der Waals surface area contributed by atoms with Gasteiger partial charge in [-0.3, -0.25) is 23.6 Å². The van der Waals surface area contributed by atoms with Crippen LogP contribution >= 0.6 is 0 Å². The fraction of sp³-hybridized carbons (Fsp3) is 0.550. The van der Waals surface area contributed by atoms with E-state index in [-0.39, 0.29) is 64.5 Å². The predicted octanol–water partition coefficient (Wildman–Crippen LogP) is 0.444. The molecule has 26 nitrogen and oxygen atoms in total. The molecule has 1 aromatic heterocycles. The van der Waals surface area contributed by atoms with E-state index >= 15 is 0 Å². The Morgan fingerprint density at radius 3 is 1.37 bits per heavy atom. The van der Waals surface area contributed by atoms with E-state index in [0.717, 1.165) is 0 Å². The Morgan fingerprint density at radius 2 is 0.985 bits per heavy atom. The van der Waals surface area contributed by atoms with Gasteiger partial charge in [-0.1, -0.05) is 5.21 Å². The zero-order chi connectivity index (χ0) is 49.9. The summed E-state index contributed by atoms with van der Waals surface area (Å²) in [5, 5.41) is 80.2. The summed E-state index contributed by atoms with van der Waals surface area (Å²) in [5.41, 5.74) is 1.75. The number of anilines is 1. The molecule has 370 valence electrons. The number of carbonyl (C=O) groups is 10. The Balaban J connectivity index is 1.98. The number of urea groups is 2. The van der Waals surface area contributed by atoms with Gasteiger partial charge in [-0.2, -0.15) is 0 Å². The van der Waals surface area contributed by atoms with E-state index in [1.165, 1.54) is 4.68 Å². The van der Waals surface area contributed by atoms with Crippen molar-refractivity contribution in [3.8, 4) is 5.69 Å². The van der Waals surface area contributed by atoms with Crippen LogP contribution in [0.3, 0.4) is 0 Å². The molecule has 0 fully saturated rings. The summed E-state index contributed by atoms with van der Waals surface area (Å²) >= 11 is 0. The first-order chi connectivity index (χ1) is 31.8. The molecule has 13 N–H and O–H groups in total. The number of hydrogen-bond acceptors (Lipinski definition) is 13. The molecule has 2 aromatic rings. The van der Waals surface area contributed by atoms with Crippen molar-refractivity contribution in [3.63, 3.8) is 0 Å². The molecule has 0 aliphatic rings. The molecule has 0 spiro atoms. The third kappa shape index (κ3) is 23.2. The summed E-state index contributed by atoms with van der Waals surface area (Å²) in [6.45, 7) is -0.348. The number of carbonyl (C=O) groups excluding carboxylic acids is 4. The van der Waals surface area contributed by atoms with Crippen LogP contribution in [0.5, 0.6) is 0 Å². The van der Waals surface area contributed by atoms with Crippen LogP contribution in [0.1, 0.15) is 89.2 Å². The van der Waals surface area contributed by atoms with Crippen LogP contribution in [0.25, 0.3) is 5.69 Å². The molecule has 0 aliphatic carbocycles. The van der Waals surface area contributed by atoms with Gasteiger partial charge in [-0.25, -0.2) is 33.4 Å². The molecule has 6 amide bonds. The maximum absolute atomic E-state index is 13.1. The highest BCUT2D eigenvalue weighted by molar-refractivity contribution is 5.87. The minimum absolute atomic E-state index is 0.0746. The minimum atomic E-state index is -1.57. The largest absolute Gasteiger partial charge is 0.481 e. The number of halogens is 1. The van der Waals surface area contributed by atoms with Gasteiger partial charge in [-0.05, 0) is 88.5 Å². The number of nitrogens with one attached hydrogen (secondary N) is 7. The summed E-state index contributed by atoms with van der Waals surface area (Å²) in [6, 6.07) is -2.28.